The highest BCUT2D eigenvalue weighted by Crippen LogP contribution is 2.47. The average molecular weight is 653 g/mol. The molecule has 4 aliphatic rings. The highest BCUT2D eigenvalue weighted by atomic mass is 32.2. The summed E-state index contributed by atoms with van der Waals surface area (Å²) in [5, 5.41) is 13.8. The lowest BCUT2D eigenvalue weighted by Crippen LogP contribution is -2.51. The molecule has 3 saturated heterocycles. The molecule has 1 saturated carbocycles. The van der Waals surface area contributed by atoms with Crippen molar-refractivity contribution in [3.8, 4) is 23.3 Å². The van der Waals surface area contributed by atoms with Crippen molar-refractivity contribution in [1.82, 2.24) is 25.2 Å². The lowest BCUT2D eigenvalue weighted by Gasteiger charge is -2.34. The number of rotatable bonds is 7. The normalized spacial score (nSPS) is 22.7. The lowest BCUT2D eigenvalue weighted by molar-refractivity contribution is 0.161. The van der Waals surface area contributed by atoms with Gasteiger partial charge in [-0.2, -0.15) is 27.0 Å². The summed E-state index contributed by atoms with van der Waals surface area (Å²) in [6, 6.07) is 3.50. The first-order chi connectivity index (χ1) is 21.8. The molecule has 3 N–H and O–H groups in total. The lowest BCUT2D eigenvalue weighted by atomic mass is 10.0. The maximum atomic E-state index is 16.7. The van der Waals surface area contributed by atoms with Crippen LogP contribution in [0.4, 0.5) is 24.0 Å². The first-order valence-corrected chi connectivity index (χ1v) is 17.2. The molecule has 2 unspecified atom stereocenters. The molecule has 0 amide bonds. The molecule has 45 heavy (non-hydrogen) atoms. The van der Waals surface area contributed by atoms with Gasteiger partial charge in [0.05, 0.1) is 22.3 Å². The number of pyridine rings is 1. The Labute approximate surface area is 266 Å². The van der Waals surface area contributed by atoms with Crippen LogP contribution in [0, 0.1) is 34.2 Å². The molecule has 6 heterocycles. The van der Waals surface area contributed by atoms with Gasteiger partial charge in [-0.15, -0.1) is 11.3 Å². The average Bonchev–Trinajstić information content (AvgIpc) is 3.60. The number of thioether (sulfide) groups is 1. The Kier molecular flexibility index (Phi) is 7.20. The largest absolute Gasteiger partial charge is 0.463 e. The van der Waals surface area contributed by atoms with E-state index in [0.29, 0.717) is 43.0 Å². The molecule has 4 aromatic rings. The number of aromatic nitrogens is 3. The minimum absolute atomic E-state index is 0.0189. The summed E-state index contributed by atoms with van der Waals surface area (Å²) in [4.78, 5) is 18.4. The van der Waals surface area contributed by atoms with Crippen molar-refractivity contribution in [2.45, 2.75) is 37.8 Å². The van der Waals surface area contributed by atoms with Crippen LogP contribution in [0.15, 0.2) is 12.3 Å². The summed E-state index contributed by atoms with van der Waals surface area (Å²) >= 11 is 2.73. The van der Waals surface area contributed by atoms with E-state index in [-0.39, 0.29) is 48.9 Å². The zero-order chi connectivity index (χ0) is 30.9. The van der Waals surface area contributed by atoms with Gasteiger partial charge in [0.2, 0.25) is 0 Å². The summed E-state index contributed by atoms with van der Waals surface area (Å²) in [6.45, 7) is 4.91. The van der Waals surface area contributed by atoms with Gasteiger partial charge in [0.1, 0.15) is 28.1 Å². The number of hydrogen-bond donors (Lipinski definition) is 2. The number of nitrogens with one attached hydrogen (secondary N) is 1. The number of hydrogen-bond acceptors (Lipinski definition) is 11. The summed E-state index contributed by atoms with van der Waals surface area (Å²) in [7, 11) is 0. The molecule has 2 atom stereocenters. The monoisotopic (exact) mass is 652 g/mol. The third-order valence-corrected chi connectivity index (χ3v) is 11.5. The molecule has 4 fully saturated rings. The van der Waals surface area contributed by atoms with Crippen molar-refractivity contribution in [1.29, 1.82) is 5.26 Å². The molecule has 3 aliphatic heterocycles. The summed E-state index contributed by atoms with van der Waals surface area (Å²) < 4.78 is 52.4. The SMILES string of the molecule is N#Cc1c(N)sc2c(F)c(F)cc(-c3ncc4c(N5CC6CCC(C5)N6)nc(OCC5(CN6CCSCC6)CC5)nc4c3F)c12. The first kappa shape index (κ1) is 29.1. The predicted molar refractivity (Wildman–Crippen MR) is 170 cm³/mol. The Morgan fingerprint density at radius 3 is 2.58 bits per heavy atom. The Hall–Kier alpha value is -3.38. The van der Waals surface area contributed by atoms with Crippen LogP contribution >= 0.6 is 23.1 Å². The van der Waals surface area contributed by atoms with E-state index in [2.05, 4.69) is 25.1 Å². The van der Waals surface area contributed by atoms with Gasteiger partial charge in [-0.05, 0) is 31.7 Å². The zero-order valence-electron chi connectivity index (χ0n) is 24.4. The van der Waals surface area contributed by atoms with Crippen molar-refractivity contribution in [2.75, 3.05) is 61.5 Å². The number of halogens is 3. The Bertz CT molecular complexity index is 1860. The minimum Gasteiger partial charge on any atom is -0.463 e. The molecule has 0 spiro atoms. The van der Waals surface area contributed by atoms with Gasteiger partial charge < -0.3 is 25.6 Å². The van der Waals surface area contributed by atoms with Crippen LogP contribution in [0.25, 0.3) is 32.2 Å². The standard InChI is InChI=1S/C31H31F3N8OS2/c32-21-9-18(22-19(10-35)28(36)45-27(22)23(21)33)25-24(34)26-20(11-37-25)29(42-12-16-1-2-17(13-42)38-16)40-30(39-26)43-15-31(3-4-31)14-41-5-7-44-8-6-41/h9,11,16-17,38H,1-8,12-15,36H2. The van der Waals surface area contributed by atoms with Gasteiger partial charge in [0.15, 0.2) is 17.5 Å². The summed E-state index contributed by atoms with van der Waals surface area (Å²) in [5.41, 5.74) is 5.63. The number of nitriles is 1. The number of benzene rings is 1. The van der Waals surface area contributed by atoms with Crippen molar-refractivity contribution in [3.05, 3.63) is 35.3 Å². The second-order valence-corrected chi connectivity index (χ2v) is 14.9. The molecule has 8 rings (SSSR count). The third kappa shape index (κ3) is 5.14. The van der Waals surface area contributed by atoms with Crippen LogP contribution in [-0.4, -0.2) is 82.8 Å². The molecule has 9 nitrogen and oxygen atoms in total. The molecule has 0 radical (unpaired) electrons. The molecule has 3 aromatic heterocycles. The summed E-state index contributed by atoms with van der Waals surface area (Å²) in [6.07, 6.45) is 5.69. The number of thiophene rings is 1. The molecular formula is C31H31F3N8OS2. The maximum absolute atomic E-state index is 16.7. The maximum Gasteiger partial charge on any atom is 0.319 e. The molecule has 1 aliphatic carbocycles. The van der Waals surface area contributed by atoms with E-state index in [9.17, 15) is 14.0 Å². The quantitative estimate of drug-likeness (QED) is 0.285. The Balaban J connectivity index is 1.22. The third-order valence-electron chi connectivity index (χ3n) is 9.54. The van der Waals surface area contributed by atoms with E-state index >= 15 is 4.39 Å². The number of piperazine rings is 1. The number of nitrogen functional groups attached to an aromatic ring is 1. The van der Waals surface area contributed by atoms with Crippen molar-refractivity contribution in [2.24, 2.45) is 5.41 Å². The van der Waals surface area contributed by atoms with Crippen LogP contribution < -0.4 is 20.7 Å². The van der Waals surface area contributed by atoms with Gasteiger partial charge in [-0.1, -0.05) is 0 Å². The van der Waals surface area contributed by atoms with Crippen LogP contribution in [0.3, 0.4) is 0 Å². The molecular weight excluding hydrogens is 622 g/mol. The molecule has 14 heteroatoms. The van der Waals surface area contributed by atoms with Crippen molar-refractivity contribution >= 4 is 54.9 Å². The van der Waals surface area contributed by atoms with Crippen molar-refractivity contribution in [3.63, 3.8) is 0 Å². The van der Waals surface area contributed by atoms with E-state index in [4.69, 9.17) is 15.5 Å². The van der Waals surface area contributed by atoms with Crippen LogP contribution in [0.2, 0.25) is 0 Å². The Morgan fingerprint density at radius 2 is 1.87 bits per heavy atom. The number of nitrogens with two attached hydrogens (primary N) is 1. The molecule has 1 aromatic carbocycles. The van der Waals surface area contributed by atoms with E-state index in [0.717, 1.165) is 74.2 Å². The molecule has 2 bridgehead atoms. The number of ether oxygens (including phenoxy) is 1. The zero-order valence-corrected chi connectivity index (χ0v) is 26.0. The fourth-order valence-corrected chi connectivity index (χ4v) is 8.94. The van der Waals surface area contributed by atoms with Crippen LogP contribution in [0.1, 0.15) is 31.2 Å². The van der Waals surface area contributed by atoms with E-state index in [1.54, 1.807) is 0 Å². The van der Waals surface area contributed by atoms with Gasteiger partial charge in [0.25, 0.3) is 0 Å². The number of nitrogens with zero attached hydrogens (tertiary/aromatic N) is 6. The second-order valence-electron chi connectivity index (χ2n) is 12.6. The van der Waals surface area contributed by atoms with Crippen LogP contribution in [0.5, 0.6) is 6.01 Å². The highest BCUT2D eigenvalue weighted by Gasteiger charge is 2.45. The van der Waals surface area contributed by atoms with Gasteiger partial charge >= 0.3 is 6.01 Å². The number of anilines is 2. The topological polar surface area (TPSA) is 116 Å². The number of fused-ring (bicyclic) bond motifs is 4. The van der Waals surface area contributed by atoms with Gasteiger partial charge in [0, 0.05) is 78.9 Å². The van der Waals surface area contributed by atoms with E-state index in [1.807, 2.05) is 17.8 Å². The van der Waals surface area contributed by atoms with E-state index in [1.165, 1.54) is 6.20 Å². The minimum atomic E-state index is -1.18. The van der Waals surface area contributed by atoms with Crippen molar-refractivity contribution < 1.29 is 17.9 Å². The van der Waals surface area contributed by atoms with Gasteiger partial charge in [-0.3, -0.25) is 4.98 Å². The molecule has 234 valence electrons. The highest BCUT2D eigenvalue weighted by molar-refractivity contribution is 7.99. The van der Waals surface area contributed by atoms with Crippen LogP contribution in [-0.2, 0) is 0 Å². The predicted octanol–water partition coefficient (Wildman–Crippen LogP) is 4.93. The first-order valence-electron chi connectivity index (χ1n) is 15.2. The fourth-order valence-electron chi connectivity index (χ4n) is 6.99. The van der Waals surface area contributed by atoms with E-state index < -0.39 is 17.5 Å². The fraction of sp³-hybridized carbons (Fsp3) is 0.484. The van der Waals surface area contributed by atoms with Gasteiger partial charge in [-0.25, -0.2) is 13.2 Å². The second kappa shape index (κ2) is 11.2. The Morgan fingerprint density at radius 1 is 1.11 bits per heavy atom. The smallest absolute Gasteiger partial charge is 0.319 e. The summed E-state index contributed by atoms with van der Waals surface area (Å²) in [5.74, 6) is -0.346.